The van der Waals surface area contributed by atoms with Crippen LogP contribution in [0.5, 0.6) is 0 Å². The van der Waals surface area contributed by atoms with Gasteiger partial charge in [0.1, 0.15) is 0 Å². The molecule has 68 valence electrons. The molecule has 2 amide bonds. The molecule has 0 aromatic heterocycles. The van der Waals surface area contributed by atoms with Crippen LogP contribution in [-0.2, 0) is 9.59 Å². The second-order valence-corrected chi connectivity index (χ2v) is 3.48. The number of carbonyl (C=O) groups is 2. The standard InChI is InChI=1S/C8H14N2O2/c1-8(2,9-3)7(12)10-5-4-6(10)11/h9H,4-5H2,1-3H3. The third-order valence-electron chi connectivity index (χ3n) is 2.26. The maximum Gasteiger partial charge on any atom is 0.248 e. The van der Waals surface area contributed by atoms with E-state index in [1.807, 2.05) is 0 Å². The minimum absolute atomic E-state index is 0.0664. The lowest BCUT2D eigenvalue weighted by molar-refractivity contribution is -0.155. The Bertz CT molecular complexity index is 223. The topological polar surface area (TPSA) is 49.4 Å². The van der Waals surface area contributed by atoms with Crippen LogP contribution < -0.4 is 5.32 Å². The third kappa shape index (κ3) is 1.34. The Morgan fingerprint density at radius 2 is 2.17 bits per heavy atom. The van der Waals surface area contributed by atoms with E-state index in [2.05, 4.69) is 5.32 Å². The largest absolute Gasteiger partial charge is 0.307 e. The van der Waals surface area contributed by atoms with Gasteiger partial charge in [0.2, 0.25) is 11.8 Å². The highest BCUT2D eigenvalue weighted by atomic mass is 16.2. The minimum atomic E-state index is -0.629. The molecule has 1 saturated heterocycles. The van der Waals surface area contributed by atoms with Crippen LogP contribution in [0.1, 0.15) is 20.3 Å². The summed E-state index contributed by atoms with van der Waals surface area (Å²) in [6.07, 6.45) is 0.505. The molecule has 4 nitrogen and oxygen atoms in total. The maximum absolute atomic E-state index is 11.5. The zero-order chi connectivity index (χ0) is 9.35. The number of hydrogen-bond acceptors (Lipinski definition) is 3. The van der Waals surface area contributed by atoms with Gasteiger partial charge in [-0.25, -0.2) is 0 Å². The van der Waals surface area contributed by atoms with E-state index in [9.17, 15) is 9.59 Å². The molecule has 0 aliphatic carbocycles. The summed E-state index contributed by atoms with van der Waals surface area (Å²) in [7, 11) is 1.71. The highest BCUT2D eigenvalue weighted by Gasteiger charge is 2.38. The number of likely N-dealkylation sites (tertiary alicyclic amines) is 1. The normalized spacial score (nSPS) is 17.6. The molecule has 0 atom stereocenters. The monoisotopic (exact) mass is 170 g/mol. The number of amides is 2. The molecular formula is C8H14N2O2. The van der Waals surface area contributed by atoms with Gasteiger partial charge in [-0.2, -0.15) is 0 Å². The molecule has 0 aromatic carbocycles. The van der Waals surface area contributed by atoms with Crippen molar-refractivity contribution < 1.29 is 9.59 Å². The molecule has 12 heavy (non-hydrogen) atoms. The molecule has 0 aromatic rings. The Morgan fingerprint density at radius 3 is 2.42 bits per heavy atom. The summed E-state index contributed by atoms with van der Waals surface area (Å²) in [5.74, 6) is -0.204. The molecule has 0 saturated carbocycles. The van der Waals surface area contributed by atoms with E-state index < -0.39 is 5.54 Å². The molecule has 1 aliphatic rings. The quantitative estimate of drug-likeness (QED) is 0.581. The van der Waals surface area contributed by atoms with Crippen LogP contribution in [0.25, 0.3) is 0 Å². The SMILES string of the molecule is CNC(C)(C)C(=O)N1CCC1=O. The van der Waals surface area contributed by atoms with Crippen LogP contribution in [-0.4, -0.2) is 35.8 Å². The number of hydrogen-bond donors (Lipinski definition) is 1. The van der Waals surface area contributed by atoms with Gasteiger partial charge in [0.15, 0.2) is 0 Å². The molecule has 0 bridgehead atoms. The number of β-lactam (4-membered cyclic amide) rings is 1. The first-order chi connectivity index (χ1) is 5.49. The van der Waals surface area contributed by atoms with Gasteiger partial charge in [-0.3, -0.25) is 14.5 Å². The summed E-state index contributed by atoms with van der Waals surface area (Å²) in [6.45, 7) is 4.10. The van der Waals surface area contributed by atoms with Crippen LogP contribution in [0.3, 0.4) is 0 Å². The van der Waals surface area contributed by atoms with Crippen molar-refractivity contribution in [2.75, 3.05) is 13.6 Å². The van der Waals surface area contributed by atoms with Gasteiger partial charge < -0.3 is 5.32 Å². The molecule has 1 N–H and O–H groups in total. The predicted molar refractivity (Wildman–Crippen MR) is 44.5 cm³/mol. The highest BCUT2D eigenvalue weighted by Crippen LogP contribution is 2.15. The number of imide groups is 1. The predicted octanol–water partition coefficient (Wildman–Crippen LogP) is -0.257. The van der Waals surface area contributed by atoms with Gasteiger partial charge in [0.05, 0.1) is 5.54 Å². The van der Waals surface area contributed by atoms with Crippen LogP contribution >= 0.6 is 0 Å². The minimum Gasteiger partial charge on any atom is -0.307 e. The molecule has 0 unspecified atom stereocenters. The molecule has 0 spiro atoms. The molecule has 1 fully saturated rings. The average Bonchev–Trinajstić information content (AvgIpc) is 2.01. The summed E-state index contributed by atoms with van der Waals surface area (Å²) in [6, 6.07) is 0. The van der Waals surface area contributed by atoms with Crippen molar-refractivity contribution in [1.82, 2.24) is 10.2 Å². The van der Waals surface area contributed by atoms with Crippen LogP contribution in [0.15, 0.2) is 0 Å². The van der Waals surface area contributed by atoms with Gasteiger partial charge in [-0.05, 0) is 20.9 Å². The number of rotatable bonds is 2. The zero-order valence-electron chi connectivity index (χ0n) is 7.68. The van der Waals surface area contributed by atoms with Crippen LogP contribution in [0.2, 0.25) is 0 Å². The second-order valence-electron chi connectivity index (χ2n) is 3.48. The Morgan fingerprint density at radius 1 is 1.58 bits per heavy atom. The first-order valence-electron chi connectivity index (χ1n) is 4.03. The van der Waals surface area contributed by atoms with Gasteiger partial charge in [0.25, 0.3) is 0 Å². The first kappa shape index (κ1) is 9.19. The van der Waals surface area contributed by atoms with Gasteiger partial charge in [0, 0.05) is 13.0 Å². The fourth-order valence-electron chi connectivity index (χ4n) is 0.974. The second kappa shape index (κ2) is 2.86. The maximum atomic E-state index is 11.5. The van der Waals surface area contributed by atoms with Crippen molar-refractivity contribution >= 4 is 11.8 Å². The molecular weight excluding hydrogens is 156 g/mol. The lowest BCUT2D eigenvalue weighted by Crippen LogP contribution is -2.59. The van der Waals surface area contributed by atoms with Crippen LogP contribution in [0.4, 0.5) is 0 Å². The summed E-state index contributed by atoms with van der Waals surface area (Å²) in [5.41, 5.74) is -0.629. The Labute approximate surface area is 71.9 Å². The van der Waals surface area contributed by atoms with E-state index in [0.29, 0.717) is 13.0 Å². The fraction of sp³-hybridized carbons (Fsp3) is 0.750. The van der Waals surface area contributed by atoms with E-state index in [4.69, 9.17) is 0 Å². The van der Waals surface area contributed by atoms with Crippen molar-refractivity contribution in [2.45, 2.75) is 25.8 Å². The summed E-state index contributed by atoms with van der Waals surface area (Å²) in [5, 5.41) is 2.87. The molecule has 0 radical (unpaired) electrons. The van der Waals surface area contributed by atoms with Gasteiger partial charge in [-0.1, -0.05) is 0 Å². The number of carbonyl (C=O) groups excluding carboxylic acids is 2. The van der Waals surface area contributed by atoms with Gasteiger partial charge >= 0.3 is 0 Å². The van der Waals surface area contributed by atoms with E-state index in [-0.39, 0.29) is 11.8 Å². The molecule has 1 rings (SSSR count). The third-order valence-corrected chi connectivity index (χ3v) is 2.26. The van der Waals surface area contributed by atoms with Crippen LogP contribution in [0, 0.1) is 0 Å². The Hall–Kier alpha value is -0.900. The lowest BCUT2D eigenvalue weighted by atomic mass is 10.0. The van der Waals surface area contributed by atoms with Gasteiger partial charge in [-0.15, -0.1) is 0 Å². The van der Waals surface area contributed by atoms with E-state index >= 15 is 0 Å². The summed E-state index contributed by atoms with van der Waals surface area (Å²) in [4.78, 5) is 23.7. The summed E-state index contributed by atoms with van der Waals surface area (Å²) >= 11 is 0. The fourth-order valence-corrected chi connectivity index (χ4v) is 0.974. The van der Waals surface area contributed by atoms with Crippen molar-refractivity contribution in [3.8, 4) is 0 Å². The van der Waals surface area contributed by atoms with E-state index in [0.717, 1.165) is 0 Å². The number of nitrogens with one attached hydrogen (secondary N) is 1. The van der Waals surface area contributed by atoms with Crippen molar-refractivity contribution in [3.05, 3.63) is 0 Å². The molecule has 4 heteroatoms. The smallest absolute Gasteiger partial charge is 0.248 e. The zero-order valence-corrected chi connectivity index (χ0v) is 7.68. The van der Waals surface area contributed by atoms with Crippen molar-refractivity contribution in [2.24, 2.45) is 0 Å². The van der Waals surface area contributed by atoms with E-state index in [1.165, 1.54) is 4.90 Å². The lowest BCUT2D eigenvalue weighted by Gasteiger charge is -2.35. The first-order valence-corrected chi connectivity index (χ1v) is 4.03. The average molecular weight is 170 g/mol. The molecule has 1 heterocycles. The summed E-state index contributed by atoms with van der Waals surface area (Å²) < 4.78 is 0. The number of likely N-dealkylation sites (N-methyl/N-ethyl adjacent to an activating group) is 1. The van der Waals surface area contributed by atoms with E-state index in [1.54, 1.807) is 20.9 Å². The Balaban J connectivity index is 2.64. The number of nitrogens with zero attached hydrogens (tertiary/aromatic N) is 1. The molecule has 1 aliphatic heterocycles. The highest BCUT2D eigenvalue weighted by molar-refractivity contribution is 6.03. The Kier molecular flexibility index (Phi) is 2.19. The van der Waals surface area contributed by atoms with Crippen molar-refractivity contribution in [1.29, 1.82) is 0 Å². The van der Waals surface area contributed by atoms with Crippen molar-refractivity contribution in [3.63, 3.8) is 0 Å².